The topological polar surface area (TPSA) is 152 Å². The number of hydrogen-bond acceptors (Lipinski definition) is 8. The highest BCUT2D eigenvalue weighted by molar-refractivity contribution is 5.97. The molecule has 2 rings (SSSR count). The van der Waals surface area contributed by atoms with Crippen LogP contribution in [0.2, 0.25) is 0 Å². The zero-order chi connectivity index (χ0) is 32.5. The highest BCUT2D eigenvalue weighted by Gasteiger charge is 2.39. The number of anilines is 1. The first kappa shape index (κ1) is 34.9. The fraction of sp³-hybridized carbons (Fsp3) is 0.500. The molecule has 2 aromatic rings. The van der Waals surface area contributed by atoms with Crippen molar-refractivity contribution in [1.29, 1.82) is 0 Å². The average molecular weight is 600 g/mol. The lowest BCUT2D eigenvalue weighted by molar-refractivity contribution is -0.158. The lowest BCUT2D eigenvalue weighted by Crippen LogP contribution is -2.50. The molecule has 0 aliphatic carbocycles. The van der Waals surface area contributed by atoms with Crippen molar-refractivity contribution < 1.29 is 38.5 Å². The number of esters is 1. The van der Waals surface area contributed by atoms with Crippen LogP contribution in [0.3, 0.4) is 0 Å². The van der Waals surface area contributed by atoms with E-state index in [1.807, 2.05) is 32.0 Å². The van der Waals surface area contributed by atoms with Crippen LogP contribution >= 0.6 is 0 Å². The Labute approximate surface area is 253 Å². The summed E-state index contributed by atoms with van der Waals surface area (Å²) in [5, 5.41) is 18.2. The minimum Gasteiger partial charge on any atom is -0.508 e. The maximum Gasteiger partial charge on any atom is 0.408 e. The number of phenols is 1. The first-order chi connectivity index (χ1) is 19.9. The van der Waals surface area contributed by atoms with Gasteiger partial charge in [-0.3, -0.25) is 4.79 Å². The van der Waals surface area contributed by atoms with Gasteiger partial charge in [-0.05, 0) is 71.6 Å². The van der Waals surface area contributed by atoms with Crippen LogP contribution in [0, 0.1) is 5.92 Å². The van der Waals surface area contributed by atoms with Crippen LogP contribution in [0.4, 0.5) is 15.3 Å². The van der Waals surface area contributed by atoms with E-state index in [1.54, 1.807) is 59.7 Å². The Morgan fingerprint density at radius 1 is 0.814 bits per heavy atom. The highest BCUT2D eigenvalue weighted by atomic mass is 16.6. The Kier molecular flexibility index (Phi) is 12.0. The summed E-state index contributed by atoms with van der Waals surface area (Å²) in [5.74, 6) is -2.43. The summed E-state index contributed by atoms with van der Waals surface area (Å²) in [6.45, 7) is 15.5. The minimum atomic E-state index is -1.21. The van der Waals surface area contributed by atoms with Gasteiger partial charge in [-0.2, -0.15) is 0 Å². The molecule has 43 heavy (non-hydrogen) atoms. The number of aromatic hydroxyl groups is 1. The Morgan fingerprint density at radius 3 is 1.98 bits per heavy atom. The molecule has 2 aromatic carbocycles. The predicted molar refractivity (Wildman–Crippen MR) is 163 cm³/mol. The van der Waals surface area contributed by atoms with E-state index in [-0.39, 0.29) is 24.0 Å². The third-order valence-electron chi connectivity index (χ3n) is 6.00. The van der Waals surface area contributed by atoms with Gasteiger partial charge in [0, 0.05) is 17.7 Å². The zero-order valence-corrected chi connectivity index (χ0v) is 26.4. The molecular formula is C32H45N3O8. The zero-order valence-electron chi connectivity index (χ0n) is 26.4. The van der Waals surface area contributed by atoms with Crippen molar-refractivity contribution in [2.24, 2.45) is 5.92 Å². The van der Waals surface area contributed by atoms with E-state index >= 15 is 0 Å². The summed E-state index contributed by atoms with van der Waals surface area (Å²) in [6, 6.07) is 11.2. The number of ether oxygens (including phenoxy) is 3. The van der Waals surface area contributed by atoms with E-state index < -0.39 is 53.3 Å². The van der Waals surface area contributed by atoms with Gasteiger partial charge in [0.25, 0.3) is 0 Å². The normalized spacial score (nSPS) is 13.7. The molecule has 0 heterocycles. The highest BCUT2D eigenvalue weighted by Crippen LogP contribution is 2.36. The molecule has 0 saturated heterocycles. The Morgan fingerprint density at radius 2 is 1.42 bits per heavy atom. The Hall–Kier alpha value is -4.28. The summed E-state index contributed by atoms with van der Waals surface area (Å²) in [4.78, 5) is 51.8. The molecule has 0 unspecified atom stereocenters. The number of carbonyl (C=O) groups is 4. The van der Waals surface area contributed by atoms with Crippen LogP contribution in [0.5, 0.6) is 5.75 Å². The molecule has 11 nitrogen and oxygen atoms in total. The largest absolute Gasteiger partial charge is 0.508 e. The van der Waals surface area contributed by atoms with Gasteiger partial charge < -0.3 is 35.3 Å². The predicted octanol–water partition coefficient (Wildman–Crippen LogP) is 5.62. The second-order valence-electron chi connectivity index (χ2n) is 12.6. The van der Waals surface area contributed by atoms with Crippen LogP contribution < -0.4 is 16.0 Å². The molecule has 0 radical (unpaired) electrons. The van der Waals surface area contributed by atoms with Crippen LogP contribution in [0.1, 0.15) is 79.4 Å². The molecule has 11 heteroatoms. The van der Waals surface area contributed by atoms with Gasteiger partial charge in [0.2, 0.25) is 5.91 Å². The first-order valence-corrected chi connectivity index (χ1v) is 14.2. The number of amides is 3. The number of hydrogen-bond donors (Lipinski definition) is 4. The number of rotatable bonds is 10. The monoisotopic (exact) mass is 599 g/mol. The van der Waals surface area contributed by atoms with Gasteiger partial charge in [0.15, 0.2) is 0 Å². The van der Waals surface area contributed by atoms with Crippen molar-refractivity contribution in [3.63, 3.8) is 0 Å². The van der Waals surface area contributed by atoms with Crippen molar-refractivity contribution in [1.82, 2.24) is 10.6 Å². The van der Waals surface area contributed by atoms with Crippen LogP contribution in [0.25, 0.3) is 0 Å². The lowest BCUT2D eigenvalue weighted by Gasteiger charge is -2.34. The summed E-state index contributed by atoms with van der Waals surface area (Å²) in [7, 11) is 0. The molecule has 236 valence electrons. The van der Waals surface area contributed by atoms with Gasteiger partial charge >= 0.3 is 18.2 Å². The molecular weight excluding hydrogens is 554 g/mol. The van der Waals surface area contributed by atoms with E-state index in [1.165, 1.54) is 19.1 Å². The second-order valence-corrected chi connectivity index (χ2v) is 12.6. The van der Waals surface area contributed by atoms with Crippen LogP contribution in [-0.4, -0.2) is 52.5 Å². The van der Waals surface area contributed by atoms with Gasteiger partial charge in [-0.15, -0.1) is 0 Å². The maximum atomic E-state index is 13.5. The fourth-order valence-corrected chi connectivity index (χ4v) is 4.21. The quantitative estimate of drug-likeness (QED) is 0.203. The Balaban J connectivity index is 2.34. The molecule has 0 fully saturated rings. The van der Waals surface area contributed by atoms with E-state index in [2.05, 4.69) is 16.0 Å². The molecule has 3 amide bonds. The maximum absolute atomic E-state index is 13.5. The number of alkyl carbamates (subject to hydrolysis) is 2. The first-order valence-electron chi connectivity index (χ1n) is 14.2. The number of benzene rings is 2. The third kappa shape index (κ3) is 11.9. The smallest absolute Gasteiger partial charge is 0.408 e. The van der Waals surface area contributed by atoms with Crippen LogP contribution in [0.15, 0.2) is 48.5 Å². The summed E-state index contributed by atoms with van der Waals surface area (Å²) in [6.07, 6.45) is -1.60. The Bertz CT molecular complexity index is 1270. The average Bonchev–Trinajstić information content (AvgIpc) is 2.86. The second kappa shape index (κ2) is 14.8. The van der Waals surface area contributed by atoms with E-state index in [0.29, 0.717) is 5.56 Å². The van der Waals surface area contributed by atoms with E-state index in [4.69, 9.17) is 14.2 Å². The number of carbonyl (C=O) groups excluding carboxylic acids is 4. The van der Waals surface area contributed by atoms with Crippen molar-refractivity contribution in [3.8, 4) is 5.75 Å². The minimum absolute atomic E-state index is 0.0322. The van der Waals surface area contributed by atoms with Crippen molar-refractivity contribution in [3.05, 3.63) is 59.7 Å². The summed E-state index contributed by atoms with van der Waals surface area (Å²) in [5.41, 5.74) is -0.243. The number of phenolic OH excluding ortho intramolecular Hbond substituents is 1. The molecule has 0 aliphatic heterocycles. The lowest BCUT2D eigenvalue weighted by atomic mass is 9.81. The summed E-state index contributed by atoms with van der Waals surface area (Å²) < 4.78 is 16.3. The van der Waals surface area contributed by atoms with E-state index in [0.717, 1.165) is 5.56 Å². The molecule has 0 saturated carbocycles. The van der Waals surface area contributed by atoms with Crippen LogP contribution in [-0.2, 0) is 30.4 Å². The SMILES string of the molecule is CC(C)[C@H](c1ccc(O)cc1NC(=O)[C@@H](C)NC(=O)OCc1ccccc1)[C@@H](NC(=O)OC(C)(C)C)C(=O)OC(C)(C)C. The van der Waals surface area contributed by atoms with Gasteiger partial charge in [-0.25, -0.2) is 14.4 Å². The van der Waals surface area contributed by atoms with E-state index in [9.17, 15) is 24.3 Å². The van der Waals surface area contributed by atoms with Gasteiger partial charge in [0.05, 0.1) is 0 Å². The van der Waals surface area contributed by atoms with Crippen molar-refractivity contribution in [2.75, 3.05) is 5.32 Å². The molecule has 3 atom stereocenters. The van der Waals surface area contributed by atoms with Crippen molar-refractivity contribution >= 4 is 29.8 Å². The van der Waals surface area contributed by atoms with Gasteiger partial charge in [-0.1, -0.05) is 50.2 Å². The summed E-state index contributed by atoms with van der Waals surface area (Å²) >= 11 is 0. The fourth-order valence-electron chi connectivity index (χ4n) is 4.21. The molecule has 0 spiro atoms. The van der Waals surface area contributed by atoms with Crippen molar-refractivity contribution in [2.45, 2.75) is 98.1 Å². The third-order valence-corrected chi connectivity index (χ3v) is 6.00. The molecule has 4 N–H and O–H groups in total. The van der Waals surface area contributed by atoms with Gasteiger partial charge in [0.1, 0.15) is 35.6 Å². The number of nitrogens with one attached hydrogen (secondary N) is 3. The molecule has 0 aliphatic rings. The molecule has 0 aromatic heterocycles. The molecule has 0 bridgehead atoms. The standard InChI is InChI=1S/C32H45N3O8/c1-19(2)25(26(28(38)42-31(4,5)6)35-30(40)43-32(7,8)9)23-16-15-22(36)17-24(23)34-27(37)20(3)33-29(39)41-18-21-13-11-10-12-14-21/h10-17,19-20,25-26,36H,18H2,1-9H3,(H,33,39)(H,34,37)(H,35,40)/t20-,25-,26-/m1/s1.